The molecule has 0 N–H and O–H groups in total. The second kappa shape index (κ2) is 11.9. The first-order chi connectivity index (χ1) is 14.6. The van der Waals surface area contributed by atoms with Crippen molar-refractivity contribution in [2.45, 2.75) is 103 Å². The van der Waals surface area contributed by atoms with E-state index in [0.29, 0.717) is 5.56 Å². The molecule has 0 bridgehead atoms. The van der Waals surface area contributed by atoms with E-state index >= 15 is 0 Å². The fourth-order valence-electron chi connectivity index (χ4n) is 5.80. The van der Waals surface area contributed by atoms with Gasteiger partial charge in [-0.15, -0.1) is 0 Å². The van der Waals surface area contributed by atoms with E-state index in [1.54, 1.807) is 25.1 Å². The molecule has 2 fully saturated rings. The molecule has 0 aliphatic heterocycles. The summed E-state index contributed by atoms with van der Waals surface area (Å²) in [6.45, 7) is 4.06. The van der Waals surface area contributed by atoms with Crippen LogP contribution >= 0.6 is 0 Å². The lowest BCUT2D eigenvalue weighted by Crippen LogP contribution is -2.25. The Hall–Kier alpha value is -1.38. The Balaban J connectivity index is 1.46. The van der Waals surface area contributed by atoms with Crippen molar-refractivity contribution in [2.75, 3.05) is 0 Å². The zero-order chi connectivity index (χ0) is 21.3. The molecule has 1 aromatic carbocycles. The molecule has 0 spiro atoms. The molecule has 0 aromatic heterocycles. The van der Waals surface area contributed by atoms with Gasteiger partial charge in [0.25, 0.3) is 0 Å². The van der Waals surface area contributed by atoms with Crippen LogP contribution in [0.4, 0.5) is 8.78 Å². The summed E-state index contributed by atoms with van der Waals surface area (Å²) in [6.07, 6.45) is 19.8. The van der Waals surface area contributed by atoms with Crippen molar-refractivity contribution in [3.63, 3.8) is 0 Å². The Labute approximate surface area is 182 Å². The summed E-state index contributed by atoms with van der Waals surface area (Å²) >= 11 is 0. The molecule has 3 heteroatoms. The van der Waals surface area contributed by atoms with Crippen LogP contribution in [-0.4, -0.2) is 0 Å². The van der Waals surface area contributed by atoms with Gasteiger partial charge in [-0.2, -0.15) is 4.39 Å². The van der Waals surface area contributed by atoms with Crippen molar-refractivity contribution in [3.05, 3.63) is 41.7 Å². The van der Waals surface area contributed by atoms with Crippen molar-refractivity contribution >= 4 is 0 Å². The van der Waals surface area contributed by atoms with Crippen LogP contribution in [-0.2, 0) is 0 Å². The number of ether oxygens (including phenoxy) is 1. The molecule has 2 aliphatic rings. The summed E-state index contributed by atoms with van der Waals surface area (Å²) in [5.74, 6) is 1.13. The summed E-state index contributed by atoms with van der Waals surface area (Å²) in [5, 5.41) is 0. The quantitative estimate of drug-likeness (QED) is 0.287. The van der Waals surface area contributed by atoms with E-state index in [1.165, 1.54) is 64.0 Å². The smallest absolute Gasteiger partial charge is 0.201 e. The number of halogens is 2. The van der Waals surface area contributed by atoms with Crippen LogP contribution in [0.5, 0.6) is 5.75 Å². The molecular formula is C27H40F2O. The van der Waals surface area contributed by atoms with E-state index in [0.717, 1.165) is 43.4 Å². The Kier molecular flexibility index (Phi) is 9.21. The van der Waals surface area contributed by atoms with Crippen LogP contribution in [0.3, 0.4) is 0 Å². The lowest BCUT2D eigenvalue weighted by Gasteiger charge is -2.38. The predicted octanol–water partition coefficient (Wildman–Crippen LogP) is 8.93. The van der Waals surface area contributed by atoms with E-state index in [1.807, 2.05) is 0 Å². The number of hydrogen-bond donors (Lipinski definition) is 0. The van der Waals surface area contributed by atoms with E-state index in [4.69, 9.17) is 4.74 Å². The lowest BCUT2D eigenvalue weighted by molar-refractivity contribution is 0.155. The van der Waals surface area contributed by atoms with Gasteiger partial charge < -0.3 is 4.74 Å². The molecule has 1 aromatic rings. The lowest BCUT2D eigenvalue weighted by atomic mass is 9.68. The molecule has 168 valence electrons. The fraction of sp³-hybridized carbons (Fsp3) is 0.704. The SMILES string of the molecule is C/C=C/Oc1ccc(C2CCC(C3CCC(CCCCCC)CC3)CC2)c(F)c1F. The Morgan fingerprint density at radius 3 is 2.17 bits per heavy atom. The van der Waals surface area contributed by atoms with Gasteiger partial charge in [-0.1, -0.05) is 64.0 Å². The highest BCUT2D eigenvalue weighted by atomic mass is 19.2. The highest BCUT2D eigenvalue weighted by molar-refractivity contribution is 5.33. The summed E-state index contributed by atoms with van der Waals surface area (Å²) in [5.41, 5.74) is 0.537. The van der Waals surface area contributed by atoms with Gasteiger partial charge in [-0.05, 0) is 80.8 Å². The summed E-state index contributed by atoms with van der Waals surface area (Å²) in [4.78, 5) is 0. The number of unbranched alkanes of at least 4 members (excludes halogenated alkanes) is 3. The molecule has 3 rings (SSSR count). The van der Waals surface area contributed by atoms with Crippen molar-refractivity contribution in [1.82, 2.24) is 0 Å². The maximum Gasteiger partial charge on any atom is 0.201 e. The van der Waals surface area contributed by atoms with Crippen LogP contribution in [0.1, 0.15) is 109 Å². The Morgan fingerprint density at radius 1 is 0.867 bits per heavy atom. The average Bonchev–Trinajstić information content (AvgIpc) is 2.78. The minimum atomic E-state index is -0.856. The topological polar surface area (TPSA) is 9.23 Å². The number of benzene rings is 1. The van der Waals surface area contributed by atoms with Crippen LogP contribution in [0.2, 0.25) is 0 Å². The number of rotatable bonds is 9. The molecule has 0 heterocycles. The Bertz CT molecular complexity index is 668. The van der Waals surface area contributed by atoms with E-state index in [-0.39, 0.29) is 11.7 Å². The van der Waals surface area contributed by atoms with Crippen LogP contribution in [0, 0.1) is 29.4 Å². The monoisotopic (exact) mass is 418 g/mol. The van der Waals surface area contributed by atoms with E-state index in [2.05, 4.69) is 6.92 Å². The van der Waals surface area contributed by atoms with Crippen molar-refractivity contribution in [2.24, 2.45) is 17.8 Å². The van der Waals surface area contributed by atoms with Gasteiger partial charge in [0.15, 0.2) is 11.6 Å². The number of hydrogen-bond acceptors (Lipinski definition) is 1. The maximum atomic E-state index is 14.6. The molecule has 30 heavy (non-hydrogen) atoms. The van der Waals surface area contributed by atoms with Crippen molar-refractivity contribution in [3.8, 4) is 5.75 Å². The van der Waals surface area contributed by atoms with Crippen molar-refractivity contribution < 1.29 is 13.5 Å². The molecule has 0 radical (unpaired) electrons. The van der Waals surface area contributed by atoms with Crippen molar-refractivity contribution in [1.29, 1.82) is 0 Å². The average molecular weight is 419 g/mol. The van der Waals surface area contributed by atoms with E-state index in [9.17, 15) is 8.78 Å². The highest BCUT2D eigenvalue weighted by Gasteiger charge is 2.32. The minimum absolute atomic E-state index is 0.0329. The third kappa shape index (κ3) is 6.08. The molecule has 2 saturated carbocycles. The largest absolute Gasteiger partial charge is 0.462 e. The maximum absolute atomic E-state index is 14.6. The molecule has 0 unspecified atom stereocenters. The minimum Gasteiger partial charge on any atom is -0.462 e. The van der Waals surface area contributed by atoms with Crippen LogP contribution in [0.25, 0.3) is 0 Å². The Morgan fingerprint density at radius 2 is 1.53 bits per heavy atom. The molecule has 1 nitrogen and oxygen atoms in total. The van der Waals surface area contributed by atoms with Gasteiger partial charge in [0.05, 0.1) is 6.26 Å². The molecule has 0 atom stereocenters. The molecule has 0 amide bonds. The van der Waals surface area contributed by atoms with Gasteiger partial charge in [0.2, 0.25) is 5.82 Å². The normalized spacial score (nSPS) is 27.5. The van der Waals surface area contributed by atoms with Gasteiger partial charge in [0, 0.05) is 0 Å². The van der Waals surface area contributed by atoms with Gasteiger partial charge >= 0.3 is 0 Å². The third-order valence-corrected chi connectivity index (χ3v) is 7.64. The first-order valence-corrected chi connectivity index (χ1v) is 12.4. The zero-order valence-electron chi connectivity index (χ0n) is 19.0. The van der Waals surface area contributed by atoms with Gasteiger partial charge in [0.1, 0.15) is 0 Å². The standard InChI is InChI=1S/C27H40F2O/c1-3-5-6-7-8-20-9-11-21(12-10-20)22-13-15-23(16-14-22)24-17-18-25(30-19-4-2)27(29)26(24)28/h4,17-23H,3,5-16H2,1-2H3/b19-4+. The first kappa shape index (κ1) is 23.3. The van der Waals surface area contributed by atoms with Gasteiger partial charge in [-0.25, -0.2) is 4.39 Å². The van der Waals surface area contributed by atoms with Gasteiger partial charge in [-0.3, -0.25) is 0 Å². The van der Waals surface area contributed by atoms with E-state index < -0.39 is 11.6 Å². The second-order valence-corrected chi connectivity index (χ2v) is 9.61. The molecule has 0 saturated heterocycles. The highest BCUT2D eigenvalue weighted by Crippen LogP contribution is 2.45. The molecular weight excluding hydrogens is 378 g/mol. The zero-order valence-corrected chi connectivity index (χ0v) is 19.0. The predicted molar refractivity (Wildman–Crippen MR) is 121 cm³/mol. The third-order valence-electron chi connectivity index (χ3n) is 7.64. The second-order valence-electron chi connectivity index (χ2n) is 9.61. The van der Waals surface area contributed by atoms with Crippen LogP contribution < -0.4 is 4.74 Å². The summed E-state index contributed by atoms with van der Waals surface area (Å²) in [6, 6.07) is 3.30. The first-order valence-electron chi connectivity index (χ1n) is 12.4. The molecule has 2 aliphatic carbocycles. The summed E-state index contributed by atoms with van der Waals surface area (Å²) < 4.78 is 34.1. The fourth-order valence-corrected chi connectivity index (χ4v) is 5.80. The summed E-state index contributed by atoms with van der Waals surface area (Å²) in [7, 11) is 0. The number of allylic oxidation sites excluding steroid dienone is 1. The van der Waals surface area contributed by atoms with Crippen LogP contribution in [0.15, 0.2) is 24.5 Å².